The Kier molecular flexibility index (Phi) is 8.14. The molecule has 3 rings (SSSR count). The van der Waals surface area contributed by atoms with Crippen molar-refractivity contribution in [3.63, 3.8) is 0 Å². The first-order valence-electron chi connectivity index (χ1n) is 11.0. The van der Waals surface area contributed by atoms with Crippen LogP contribution in [0.4, 0.5) is 0 Å². The molecule has 2 amide bonds. The van der Waals surface area contributed by atoms with Crippen molar-refractivity contribution in [2.75, 3.05) is 20.3 Å². The number of hydrogen-bond acceptors (Lipinski definition) is 5. The Balaban J connectivity index is 1.59. The van der Waals surface area contributed by atoms with Crippen molar-refractivity contribution in [3.05, 3.63) is 89.5 Å². The first kappa shape index (κ1) is 24.6. The van der Waals surface area contributed by atoms with Crippen molar-refractivity contribution in [1.82, 2.24) is 10.6 Å². The third-order valence-electron chi connectivity index (χ3n) is 5.05. The highest BCUT2D eigenvalue weighted by Gasteiger charge is 2.16. The van der Waals surface area contributed by atoms with Crippen molar-refractivity contribution in [1.29, 1.82) is 0 Å². The summed E-state index contributed by atoms with van der Waals surface area (Å²) in [6.45, 7) is 6.99. The number of furan rings is 1. The van der Waals surface area contributed by atoms with Gasteiger partial charge in [0, 0.05) is 11.6 Å². The normalized spacial score (nSPS) is 11.6. The number of rotatable bonds is 9. The quantitative estimate of drug-likeness (QED) is 0.360. The van der Waals surface area contributed by atoms with Gasteiger partial charge < -0.3 is 24.5 Å². The molecule has 7 nitrogen and oxygen atoms in total. The molecular formula is C27H30N2O5. The molecule has 2 aromatic carbocycles. The van der Waals surface area contributed by atoms with Crippen LogP contribution in [-0.2, 0) is 10.2 Å². The molecule has 0 spiro atoms. The highest BCUT2D eigenvalue weighted by atomic mass is 16.5. The van der Waals surface area contributed by atoms with Gasteiger partial charge in [0.1, 0.15) is 29.6 Å². The monoisotopic (exact) mass is 462 g/mol. The highest BCUT2D eigenvalue weighted by Crippen LogP contribution is 2.24. The molecule has 0 aliphatic carbocycles. The van der Waals surface area contributed by atoms with Crippen LogP contribution in [-0.4, -0.2) is 32.1 Å². The lowest BCUT2D eigenvalue weighted by molar-refractivity contribution is -0.117. The van der Waals surface area contributed by atoms with Gasteiger partial charge in [-0.2, -0.15) is 0 Å². The minimum atomic E-state index is -0.454. The summed E-state index contributed by atoms with van der Waals surface area (Å²) < 4.78 is 16.1. The highest BCUT2D eigenvalue weighted by molar-refractivity contribution is 6.05. The lowest BCUT2D eigenvalue weighted by atomic mass is 9.87. The summed E-state index contributed by atoms with van der Waals surface area (Å²) in [5, 5.41) is 5.42. The Morgan fingerprint density at radius 1 is 0.971 bits per heavy atom. The van der Waals surface area contributed by atoms with Crippen molar-refractivity contribution < 1.29 is 23.5 Å². The largest absolute Gasteiger partial charge is 0.497 e. The SMILES string of the molecule is COc1ccc(C(=O)N/C(=C\c2ccco2)C(=O)NCCOc2ccc(C(C)(C)C)cc2)cc1. The molecule has 0 unspecified atom stereocenters. The smallest absolute Gasteiger partial charge is 0.268 e. The summed E-state index contributed by atoms with van der Waals surface area (Å²) in [5.74, 6) is 0.918. The molecule has 0 fully saturated rings. The minimum absolute atomic E-state index is 0.0605. The van der Waals surface area contributed by atoms with E-state index in [1.165, 1.54) is 17.9 Å². The van der Waals surface area contributed by atoms with E-state index in [-0.39, 0.29) is 24.3 Å². The van der Waals surface area contributed by atoms with Gasteiger partial charge in [0.05, 0.1) is 19.9 Å². The van der Waals surface area contributed by atoms with Crippen molar-refractivity contribution in [2.45, 2.75) is 26.2 Å². The van der Waals surface area contributed by atoms with E-state index in [4.69, 9.17) is 13.9 Å². The van der Waals surface area contributed by atoms with E-state index in [1.807, 2.05) is 24.3 Å². The van der Waals surface area contributed by atoms with Crippen LogP contribution in [0.25, 0.3) is 6.08 Å². The Bertz CT molecular complexity index is 1110. The zero-order valence-corrected chi connectivity index (χ0v) is 19.9. The Morgan fingerprint density at radius 3 is 2.24 bits per heavy atom. The fourth-order valence-corrected chi connectivity index (χ4v) is 3.09. The van der Waals surface area contributed by atoms with Crippen LogP contribution in [0.5, 0.6) is 11.5 Å². The summed E-state index contributed by atoms with van der Waals surface area (Å²) in [6, 6.07) is 17.9. The maximum absolute atomic E-state index is 12.8. The lowest BCUT2D eigenvalue weighted by Gasteiger charge is -2.19. The maximum Gasteiger partial charge on any atom is 0.268 e. The van der Waals surface area contributed by atoms with E-state index in [0.29, 0.717) is 17.1 Å². The second kappa shape index (κ2) is 11.2. The average Bonchev–Trinajstić information content (AvgIpc) is 3.34. The van der Waals surface area contributed by atoms with Crippen LogP contribution in [0, 0.1) is 0 Å². The van der Waals surface area contributed by atoms with Crippen LogP contribution < -0.4 is 20.1 Å². The zero-order chi connectivity index (χ0) is 24.6. The summed E-state index contributed by atoms with van der Waals surface area (Å²) in [4.78, 5) is 25.5. The summed E-state index contributed by atoms with van der Waals surface area (Å²) in [6.07, 6.45) is 2.97. The first-order chi connectivity index (χ1) is 16.3. The molecule has 0 bridgehead atoms. The predicted molar refractivity (Wildman–Crippen MR) is 131 cm³/mol. The van der Waals surface area contributed by atoms with E-state index in [0.717, 1.165) is 5.75 Å². The van der Waals surface area contributed by atoms with Crippen LogP contribution >= 0.6 is 0 Å². The molecule has 0 radical (unpaired) electrons. The van der Waals surface area contributed by atoms with Crippen LogP contribution in [0.1, 0.15) is 42.5 Å². The maximum atomic E-state index is 12.8. The number of benzene rings is 2. The van der Waals surface area contributed by atoms with E-state index >= 15 is 0 Å². The summed E-state index contributed by atoms with van der Waals surface area (Å²) in [5.41, 5.74) is 1.74. The van der Waals surface area contributed by atoms with Gasteiger partial charge in [-0.05, 0) is 59.5 Å². The van der Waals surface area contributed by atoms with Crippen LogP contribution in [0.2, 0.25) is 0 Å². The molecule has 34 heavy (non-hydrogen) atoms. The van der Waals surface area contributed by atoms with Crippen molar-refractivity contribution in [2.24, 2.45) is 0 Å². The van der Waals surface area contributed by atoms with Gasteiger partial charge in [-0.1, -0.05) is 32.9 Å². The van der Waals surface area contributed by atoms with Gasteiger partial charge in [0.2, 0.25) is 0 Å². The first-order valence-corrected chi connectivity index (χ1v) is 11.0. The van der Waals surface area contributed by atoms with Crippen molar-refractivity contribution in [3.8, 4) is 11.5 Å². The van der Waals surface area contributed by atoms with Gasteiger partial charge in [-0.3, -0.25) is 9.59 Å². The molecule has 0 saturated carbocycles. The van der Waals surface area contributed by atoms with Gasteiger partial charge in [0.25, 0.3) is 11.8 Å². The number of methoxy groups -OCH3 is 1. The molecule has 7 heteroatoms. The number of nitrogens with one attached hydrogen (secondary N) is 2. The molecule has 0 aliphatic rings. The zero-order valence-electron chi connectivity index (χ0n) is 19.9. The third kappa shape index (κ3) is 7.00. The molecule has 1 heterocycles. The van der Waals surface area contributed by atoms with Gasteiger partial charge >= 0.3 is 0 Å². The number of hydrogen-bond donors (Lipinski definition) is 2. The number of carbonyl (C=O) groups excluding carboxylic acids is 2. The fraction of sp³-hybridized carbons (Fsp3) is 0.259. The molecule has 0 atom stereocenters. The third-order valence-corrected chi connectivity index (χ3v) is 5.05. The minimum Gasteiger partial charge on any atom is -0.497 e. The molecular weight excluding hydrogens is 432 g/mol. The molecule has 3 aromatic rings. The van der Waals surface area contributed by atoms with E-state index < -0.39 is 11.8 Å². The summed E-state index contributed by atoms with van der Waals surface area (Å²) >= 11 is 0. The predicted octanol–water partition coefficient (Wildman–Crippen LogP) is 4.55. The van der Waals surface area contributed by atoms with Gasteiger partial charge in [0.15, 0.2) is 0 Å². The molecule has 2 N–H and O–H groups in total. The Morgan fingerprint density at radius 2 is 1.65 bits per heavy atom. The molecule has 0 saturated heterocycles. The van der Waals surface area contributed by atoms with E-state index in [9.17, 15) is 9.59 Å². The number of amides is 2. The number of carbonyl (C=O) groups is 2. The summed E-state index contributed by atoms with van der Waals surface area (Å²) in [7, 11) is 1.55. The second-order valence-electron chi connectivity index (χ2n) is 8.63. The van der Waals surface area contributed by atoms with Crippen molar-refractivity contribution >= 4 is 17.9 Å². The molecule has 178 valence electrons. The average molecular weight is 463 g/mol. The topological polar surface area (TPSA) is 89.8 Å². The van der Waals surface area contributed by atoms with E-state index in [1.54, 1.807) is 43.5 Å². The Hall–Kier alpha value is -4.00. The van der Waals surface area contributed by atoms with E-state index in [2.05, 4.69) is 31.4 Å². The van der Waals surface area contributed by atoms with Crippen LogP contribution in [0.15, 0.2) is 77.0 Å². The standard InChI is InChI=1S/C27H30N2O5/c1-27(2,3)20-9-13-22(14-10-20)34-17-15-28-26(31)24(18-23-6-5-16-33-23)29-25(30)19-7-11-21(32-4)12-8-19/h5-14,16,18H,15,17H2,1-4H3,(H,28,31)(H,29,30)/b24-18-. The van der Waals surface area contributed by atoms with Gasteiger partial charge in [-0.25, -0.2) is 0 Å². The number of ether oxygens (including phenoxy) is 2. The molecule has 1 aromatic heterocycles. The molecule has 0 aliphatic heterocycles. The fourth-order valence-electron chi connectivity index (χ4n) is 3.09. The van der Waals surface area contributed by atoms with Crippen LogP contribution in [0.3, 0.4) is 0 Å². The second-order valence-corrected chi connectivity index (χ2v) is 8.63. The van der Waals surface area contributed by atoms with Gasteiger partial charge in [-0.15, -0.1) is 0 Å². The lowest BCUT2D eigenvalue weighted by Crippen LogP contribution is -2.36. The Labute approximate surface area is 199 Å².